The zero-order valence-electron chi connectivity index (χ0n) is 14.6. The first-order chi connectivity index (χ1) is 11.0. The third-order valence-electron chi connectivity index (χ3n) is 4.36. The quantitative estimate of drug-likeness (QED) is 0.551. The number of guanidine groups is 1. The summed E-state index contributed by atoms with van der Waals surface area (Å²) in [6.45, 7) is 8.33. The van der Waals surface area contributed by atoms with Crippen LogP contribution in [0, 0.1) is 13.8 Å². The summed E-state index contributed by atoms with van der Waals surface area (Å²) in [6.07, 6.45) is 6.09. The van der Waals surface area contributed by atoms with Crippen molar-refractivity contribution in [1.82, 2.24) is 15.6 Å². The Labute approximate surface area is 143 Å². The molecule has 3 N–H and O–H groups in total. The highest BCUT2D eigenvalue weighted by atomic mass is 32.1. The van der Waals surface area contributed by atoms with Gasteiger partial charge < -0.3 is 15.7 Å². The van der Waals surface area contributed by atoms with Crippen molar-refractivity contribution >= 4 is 17.3 Å². The molecule has 1 fully saturated rings. The van der Waals surface area contributed by atoms with Gasteiger partial charge in [0.15, 0.2) is 5.96 Å². The predicted molar refractivity (Wildman–Crippen MR) is 97.3 cm³/mol. The Bertz CT molecular complexity index is 501. The van der Waals surface area contributed by atoms with E-state index in [9.17, 15) is 5.11 Å². The molecule has 2 rings (SSSR count). The van der Waals surface area contributed by atoms with Crippen LogP contribution >= 0.6 is 11.3 Å². The van der Waals surface area contributed by atoms with Gasteiger partial charge in [-0.25, -0.2) is 4.98 Å². The monoisotopic (exact) mass is 338 g/mol. The fourth-order valence-corrected chi connectivity index (χ4v) is 3.80. The van der Waals surface area contributed by atoms with Gasteiger partial charge in [0.05, 0.1) is 22.8 Å². The molecule has 1 aliphatic carbocycles. The third-order valence-corrected chi connectivity index (χ3v) is 5.50. The minimum Gasteiger partial charge on any atom is -0.388 e. The maximum Gasteiger partial charge on any atom is 0.191 e. The van der Waals surface area contributed by atoms with Crippen molar-refractivity contribution in [2.24, 2.45) is 4.99 Å². The molecule has 0 bridgehead atoms. The van der Waals surface area contributed by atoms with Crippen molar-refractivity contribution in [3.63, 3.8) is 0 Å². The zero-order valence-corrected chi connectivity index (χ0v) is 15.4. The number of aliphatic imine (C=N–C) groups is 1. The smallest absolute Gasteiger partial charge is 0.191 e. The van der Waals surface area contributed by atoms with Gasteiger partial charge in [0, 0.05) is 24.4 Å². The molecule has 5 nitrogen and oxygen atoms in total. The highest BCUT2D eigenvalue weighted by Crippen LogP contribution is 2.28. The van der Waals surface area contributed by atoms with Crippen LogP contribution in [0.4, 0.5) is 0 Å². The number of aryl methyl sites for hydroxylation is 2. The van der Waals surface area contributed by atoms with Crippen LogP contribution < -0.4 is 10.6 Å². The molecule has 0 aliphatic heterocycles. The molecule has 0 saturated heterocycles. The van der Waals surface area contributed by atoms with Gasteiger partial charge in [-0.15, -0.1) is 11.3 Å². The second kappa shape index (κ2) is 8.64. The first kappa shape index (κ1) is 18.2. The molecule has 1 saturated carbocycles. The first-order valence-corrected chi connectivity index (χ1v) is 9.51. The average Bonchev–Trinajstić information content (AvgIpc) is 2.84. The second-order valence-electron chi connectivity index (χ2n) is 6.41. The summed E-state index contributed by atoms with van der Waals surface area (Å²) in [5.41, 5.74) is 0.523. The van der Waals surface area contributed by atoms with Crippen molar-refractivity contribution in [2.45, 2.75) is 64.9 Å². The number of thiazole rings is 1. The van der Waals surface area contributed by atoms with Crippen molar-refractivity contribution in [3.05, 3.63) is 15.6 Å². The first-order valence-electron chi connectivity index (χ1n) is 8.70. The molecule has 0 radical (unpaired) electrons. The SMILES string of the molecule is CCNC(=NCC1(O)CCCCC1)NCCc1nc(C)c(C)s1. The van der Waals surface area contributed by atoms with Crippen LogP contribution in [0.3, 0.4) is 0 Å². The third kappa shape index (κ3) is 5.77. The van der Waals surface area contributed by atoms with Gasteiger partial charge in [0.2, 0.25) is 0 Å². The Balaban J connectivity index is 1.83. The maximum atomic E-state index is 10.6. The Morgan fingerprint density at radius 2 is 2.00 bits per heavy atom. The Hall–Kier alpha value is -1.14. The molecule has 0 aromatic carbocycles. The highest BCUT2D eigenvalue weighted by molar-refractivity contribution is 7.11. The lowest BCUT2D eigenvalue weighted by Gasteiger charge is -2.30. The second-order valence-corrected chi connectivity index (χ2v) is 7.69. The topological polar surface area (TPSA) is 69.5 Å². The summed E-state index contributed by atoms with van der Waals surface area (Å²) in [5.74, 6) is 0.788. The van der Waals surface area contributed by atoms with Crippen LogP contribution in [0.15, 0.2) is 4.99 Å². The van der Waals surface area contributed by atoms with E-state index in [1.165, 1.54) is 11.3 Å². The van der Waals surface area contributed by atoms with Crippen molar-refractivity contribution < 1.29 is 5.11 Å². The van der Waals surface area contributed by atoms with Gasteiger partial charge in [-0.2, -0.15) is 0 Å². The van der Waals surface area contributed by atoms with Crippen LogP contribution in [0.2, 0.25) is 0 Å². The van der Waals surface area contributed by atoms with Crippen LogP contribution in [0.1, 0.15) is 54.6 Å². The molecular weight excluding hydrogens is 308 g/mol. The molecule has 1 aliphatic rings. The highest BCUT2D eigenvalue weighted by Gasteiger charge is 2.28. The molecule has 0 amide bonds. The fourth-order valence-electron chi connectivity index (χ4n) is 2.87. The molecular formula is C17H30N4OS. The van der Waals surface area contributed by atoms with Crippen LogP contribution in [0.5, 0.6) is 0 Å². The van der Waals surface area contributed by atoms with Gasteiger partial charge in [0.1, 0.15) is 0 Å². The van der Waals surface area contributed by atoms with E-state index in [-0.39, 0.29) is 0 Å². The lowest BCUT2D eigenvalue weighted by molar-refractivity contribution is 0.0131. The Kier molecular flexibility index (Phi) is 6.84. The van der Waals surface area contributed by atoms with Gasteiger partial charge >= 0.3 is 0 Å². The van der Waals surface area contributed by atoms with E-state index in [0.717, 1.165) is 61.9 Å². The molecule has 0 spiro atoms. The summed E-state index contributed by atoms with van der Waals surface area (Å²) in [4.78, 5) is 10.4. The minimum atomic E-state index is -0.607. The summed E-state index contributed by atoms with van der Waals surface area (Å²) in [7, 11) is 0. The minimum absolute atomic E-state index is 0.484. The molecule has 0 unspecified atom stereocenters. The molecule has 1 aromatic rings. The van der Waals surface area contributed by atoms with E-state index in [1.807, 2.05) is 0 Å². The molecule has 0 atom stereocenters. The Morgan fingerprint density at radius 3 is 2.61 bits per heavy atom. The standard InChI is InChI=1S/C17H30N4OS/c1-4-18-16(20-12-17(22)9-6-5-7-10-17)19-11-8-15-21-13(2)14(3)23-15/h22H,4-12H2,1-3H3,(H2,18,19,20). The zero-order chi connectivity index (χ0) is 16.7. The van der Waals surface area contributed by atoms with Gasteiger partial charge in [-0.1, -0.05) is 19.3 Å². The lowest BCUT2D eigenvalue weighted by Crippen LogP contribution is -2.41. The van der Waals surface area contributed by atoms with E-state index < -0.39 is 5.60 Å². The van der Waals surface area contributed by atoms with Gasteiger partial charge in [-0.3, -0.25) is 4.99 Å². The summed E-state index contributed by atoms with van der Waals surface area (Å²) >= 11 is 1.76. The van der Waals surface area contributed by atoms with Crippen molar-refractivity contribution in [2.75, 3.05) is 19.6 Å². The Morgan fingerprint density at radius 1 is 1.26 bits per heavy atom. The largest absolute Gasteiger partial charge is 0.388 e. The van der Waals surface area contributed by atoms with E-state index >= 15 is 0 Å². The summed E-state index contributed by atoms with van der Waals surface area (Å²) in [6, 6.07) is 0. The fraction of sp³-hybridized carbons (Fsp3) is 0.765. The maximum absolute atomic E-state index is 10.6. The van der Waals surface area contributed by atoms with Gasteiger partial charge in [0.25, 0.3) is 0 Å². The number of rotatable bonds is 6. The molecule has 130 valence electrons. The number of nitrogens with zero attached hydrogens (tertiary/aromatic N) is 2. The normalized spacial score (nSPS) is 18.0. The van der Waals surface area contributed by atoms with E-state index in [2.05, 4.69) is 41.4 Å². The molecule has 1 aromatic heterocycles. The van der Waals surface area contributed by atoms with E-state index in [4.69, 9.17) is 0 Å². The van der Waals surface area contributed by atoms with E-state index in [1.54, 1.807) is 11.3 Å². The van der Waals surface area contributed by atoms with Crippen LogP contribution in [0.25, 0.3) is 0 Å². The summed E-state index contributed by atoms with van der Waals surface area (Å²) < 4.78 is 0. The summed E-state index contributed by atoms with van der Waals surface area (Å²) in [5, 5.41) is 18.3. The number of aromatic nitrogens is 1. The molecule has 1 heterocycles. The number of hydrogen-bond donors (Lipinski definition) is 3. The van der Waals surface area contributed by atoms with E-state index in [0.29, 0.717) is 6.54 Å². The predicted octanol–water partition coefficient (Wildman–Crippen LogP) is 2.55. The number of hydrogen-bond acceptors (Lipinski definition) is 4. The molecule has 23 heavy (non-hydrogen) atoms. The van der Waals surface area contributed by atoms with Crippen molar-refractivity contribution in [1.29, 1.82) is 0 Å². The van der Waals surface area contributed by atoms with Crippen LogP contribution in [-0.4, -0.2) is 41.3 Å². The number of aliphatic hydroxyl groups is 1. The molecule has 6 heteroatoms. The number of nitrogens with one attached hydrogen (secondary N) is 2. The average molecular weight is 339 g/mol. The van der Waals surface area contributed by atoms with Crippen LogP contribution in [-0.2, 0) is 6.42 Å². The van der Waals surface area contributed by atoms with Crippen molar-refractivity contribution in [3.8, 4) is 0 Å². The van der Waals surface area contributed by atoms with Gasteiger partial charge in [-0.05, 0) is 33.6 Å². The lowest BCUT2D eigenvalue weighted by atomic mass is 9.85.